The summed E-state index contributed by atoms with van der Waals surface area (Å²) in [5.74, 6) is 6.90. The van der Waals surface area contributed by atoms with E-state index in [9.17, 15) is 4.79 Å². The Morgan fingerprint density at radius 3 is 1.77 bits per heavy atom. The van der Waals surface area contributed by atoms with E-state index in [1.54, 1.807) is 17.0 Å². The number of fused-ring (bicyclic) bond motifs is 1. The molecule has 0 unspecified atom stereocenters. The predicted molar refractivity (Wildman–Crippen MR) is 211 cm³/mol. The number of amides is 1. The van der Waals surface area contributed by atoms with Crippen molar-refractivity contribution in [1.82, 2.24) is 0 Å². The number of benzene rings is 6. The number of nitrogens with zero attached hydrogens (tertiary/aromatic N) is 1. The largest absolute Gasteiger partial charge is 0.421 e. The molecule has 7 rings (SSSR count). The van der Waals surface area contributed by atoms with Crippen LogP contribution in [0.2, 0.25) is 0 Å². The van der Waals surface area contributed by atoms with E-state index in [1.165, 1.54) is 0 Å². The molecule has 0 aliphatic carbocycles. The summed E-state index contributed by atoms with van der Waals surface area (Å²) in [6, 6.07) is 57.6. The fourth-order valence-corrected chi connectivity index (χ4v) is 6.85. The van der Waals surface area contributed by atoms with Gasteiger partial charge in [-0.25, -0.2) is 4.79 Å². The Balaban J connectivity index is 1.23. The summed E-state index contributed by atoms with van der Waals surface area (Å²) >= 11 is 0. The second-order valence-corrected chi connectivity index (χ2v) is 12.9. The molecular weight excluding hydrogens is 655 g/mol. The topological polar surface area (TPSA) is 48.0 Å². The molecule has 0 saturated heterocycles. The Morgan fingerprint density at radius 2 is 1.19 bits per heavy atom. The van der Waals surface area contributed by atoms with E-state index >= 15 is 0 Å². The van der Waals surface area contributed by atoms with Crippen molar-refractivity contribution >= 4 is 17.4 Å². The molecule has 5 nitrogen and oxygen atoms in total. The van der Waals surface area contributed by atoms with Crippen molar-refractivity contribution in [1.29, 1.82) is 0 Å². The van der Waals surface area contributed by atoms with Crippen LogP contribution in [-0.4, -0.2) is 25.3 Å². The van der Waals surface area contributed by atoms with Gasteiger partial charge in [0.2, 0.25) is 0 Å². The van der Waals surface area contributed by atoms with Crippen LogP contribution < -0.4 is 9.64 Å². The highest BCUT2D eigenvalue weighted by molar-refractivity contribution is 5.98. The maximum atomic E-state index is 14.0. The van der Waals surface area contributed by atoms with Crippen molar-refractivity contribution in [2.45, 2.75) is 25.2 Å². The van der Waals surface area contributed by atoms with E-state index in [1.807, 2.05) is 91.0 Å². The lowest BCUT2D eigenvalue weighted by Crippen LogP contribution is -2.43. The smallest absolute Gasteiger partial charge is 0.410 e. The third kappa shape index (κ3) is 8.00. The number of hydrogen-bond acceptors (Lipinski definition) is 4. The van der Waals surface area contributed by atoms with Crippen LogP contribution in [0.25, 0.3) is 5.57 Å². The van der Waals surface area contributed by atoms with Gasteiger partial charge in [-0.3, -0.25) is 4.90 Å². The number of anilines is 1. The fourth-order valence-electron chi connectivity index (χ4n) is 6.85. The third-order valence-electron chi connectivity index (χ3n) is 9.39. The molecule has 0 radical (unpaired) electrons. The van der Waals surface area contributed by atoms with Crippen LogP contribution in [0.15, 0.2) is 182 Å². The number of ether oxygens (including phenoxy) is 3. The second kappa shape index (κ2) is 16.9. The van der Waals surface area contributed by atoms with Crippen LogP contribution in [0, 0.1) is 17.8 Å². The van der Waals surface area contributed by atoms with E-state index in [0.717, 1.165) is 39.1 Å². The van der Waals surface area contributed by atoms with Gasteiger partial charge in [-0.1, -0.05) is 176 Å². The summed E-state index contributed by atoms with van der Waals surface area (Å²) in [4.78, 5) is 15.6. The van der Waals surface area contributed by atoms with Gasteiger partial charge in [0.25, 0.3) is 0 Å². The maximum Gasteiger partial charge on any atom is 0.421 e. The molecule has 6 aromatic carbocycles. The van der Waals surface area contributed by atoms with E-state index < -0.39 is 17.7 Å². The molecule has 0 spiro atoms. The number of carbonyl (C=O) groups excluding carboxylic acids is 1. The zero-order valence-electron chi connectivity index (χ0n) is 29.7. The Labute approximate surface area is 312 Å². The highest BCUT2D eigenvalue weighted by Gasteiger charge is 2.39. The third-order valence-corrected chi connectivity index (χ3v) is 9.39. The number of carbonyl (C=O) groups is 1. The van der Waals surface area contributed by atoms with Crippen molar-refractivity contribution in [2.75, 3.05) is 18.1 Å². The monoisotopic (exact) mass is 695 g/mol. The van der Waals surface area contributed by atoms with Gasteiger partial charge >= 0.3 is 6.09 Å². The Morgan fingerprint density at radius 1 is 0.679 bits per heavy atom. The highest BCUT2D eigenvalue weighted by atomic mass is 16.6. The van der Waals surface area contributed by atoms with Crippen molar-refractivity contribution < 1.29 is 19.0 Å². The lowest BCUT2D eigenvalue weighted by Gasteiger charge is -2.38. The molecule has 0 bridgehead atoms. The van der Waals surface area contributed by atoms with Crippen LogP contribution in [-0.2, 0) is 21.7 Å². The van der Waals surface area contributed by atoms with Crippen molar-refractivity contribution in [3.8, 4) is 17.6 Å². The molecule has 1 heterocycles. The SMILES string of the molecule is C[C@@H](COC(c1ccccc1)(c1ccccc1)c1ccccc1)C1=C[C@@H](C#CCOCc2ccccc2)N(C(=O)Oc2ccccc2)c2ccccc21. The zero-order chi connectivity index (χ0) is 36.3. The molecule has 0 saturated carbocycles. The minimum Gasteiger partial charge on any atom is -0.410 e. The van der Waals surface area contributed by atoms with E-state index in [4.69, 9.17) is 14.2 Å². The summed E-state index contributed by atoms with van der Waals surface area (Å²) in [5.41, 5.74) is 6.01. The molecule has 53 heavy (non-hydrogen) atoms. The summed E-state index contributed by atoms with van der Waals surface area (Å²) in [6.45, 7) is 3.21. The number of rotatable bonds is 11. The van der Waals surface area contributed by atoms with Gasteiger partial charge in [0.15, 0.2) is 0 Å². The molecule has 1 amide bonds. The van der Waals surface area contributed by atoms with Gasteiger partial charge in [-0.2, -0.15) is 0 Å². The molecule has 262 valence electrons. The fraction of sp³-hybridized carbons (Fsp3) is 0.146. The van der Waals surface area contributed by atoms with E-state index in [0.29, 0.717) is 19.0 Å². The average molecular weight is 696 g/mol. The summed E-state index contributed by atoms with van der Waals surface area (Å²) < 4.78 is 19.1. The second-order valence-electron chi connectivity index (χ2n) is 12.9. The molecule has 0 N–H and O–H groups in total. The van der Waals surface area contributed by atoms with Crippen molar-refractivity contribution in [3.63, 3.8) is 0 Å². The summed E-state index contributed by atoms with van der Waals surface area (Å²) in [6.07, 6.45) is 1.56. The minimum absolute atomic E-state index is 0.0856. The van der Waals surface area contributed by atoms with E-state index in [2.05, 4.69) is 97.6 Å². The first-order valence-electron chi connectivity index (χ1n) is 17.9. The van der Waals surface area contributed by atoms with Crippen molar-refractivity contribution in [3.05, 3.63) is 210 Å². The van der Waals surface area contributed by atoms with Crippen LogP contribution in [0.1, 0.15) is 34.7 Å². The van der Waals surface area contributed by atoms with Crippen LogP contribution >= 0.6 is 0 Å². The highest BCUT2D eigenvalue weighted by Crippen LogP contribution is 2.43. The van der Waals surface area contributed by atoms with Crippen LogP contribution in [0.4, 0.5) is 10.5 Å². The quantitative estimate of drug-likeness (QED) is 0.0769. The average Bonchev–Trinajstić information content (AvgIpc) is 3.22. The van der Waals surface area contributed by atoms with Gasteiger partial charge < -0.3 is 14.2 Å². The molecule has 0 aromatic heterocycles. The first-order chi connectivity index (χ1) is 26.1. The van der Waals surface area contributed by atoms with Crippen LogP contribution in [0.5, 0.6) is 5.75 Å². The normalized spacial score (nSPS) is 14.2. The first kappa shape index (κ1) is 35.2. The zero-order valence-corrected chi connectivity index (χ0v) is 29.7. The number of para-hydroxylation sites is 2. The summed E-state index contributed by atoms with van der Waals surface area (Å²) in [5, 5.41) is 0. The molecule has 2 atom stereocenters. The lowest BCUT2D eigenvalue weighted by molar-refractivity contribution is 0.00318. The molecule has 6 aromatic rings. The van der Waals surface area contributed by atoms with Gasteiger partial charge in [0.05, 0.1) is 18.9 Å². The molecule has 5 heteroatoms. The first-order valence-corrected chi connectivity index (χ1v) is 17.9. The van der Waals surface area contributed by atoms with Gasteiger partial charge in [0.1, 0.15) is 24.0 Å². The molecule has 0 fully saturated rings. The predicted octanol–water partition coefficient (Wildman–Crippen LogP) is 10.3. The summed E-state index contributed by atoms with van der Waals surface area (Å²) in [7, 11) is 0. The standard InChI is InChI=1S/C48H41NO4/c1-37(35-52-48(39-22-9-3-10-23-39,40-24-11-4-12-25-40)41-26-13-5-14-27-41)45-34-42(28-19-33-51-36-38-20-7-2-8-21-38)49(46-32-18-17-31-44(45)46)47(50)53-43-29-15-6-16-30-43/h2-18,20-27,29-32,34,37,42H,33,35-36H2,1H3/t37-,42+/m0/s1. The molecule has 1 aliphatic heterocycles. The van der Waals surface area contributed by atoms with Gasteiger partial charge in [0, 0.05) is 11.5 Å². The maximum absolute atomic E-state index is 14.0. The van der Waals surface area contributed by atoms with E-state index in [-0.39, 0.29) is 12.5 Å². The molecular formula is C48H41NO4. The van der Waals surface area contributed by atoms with Crippen LogP contribution in [0.3, 0.4) is 0 Å². The Kier molecular flexibility index (Phi) is 11.2. The number of hydrogen-bond donors (Lipinski definition) is 0. The van der Waals surface area contributed by atoms with Crippen molar-refractivity contribution in [2.24, 2.45) is 5.92 Å². The van der Waals surface area contributed by atoms with Gasteiger partial charge in [-0.15, -0.1) is 0 Å². The minimum atomic E-state index is -0.867. The van der Waals surface area contributed by atoms with Gasteiger partial charge in [-0.05, 0) is 52.1 Å². The Hall–Kier alpha value is -6.19. The molecule has 1 aliphatic rings. The Bertz CT molecular complexity index is 2080. The lowest BCUT2D eigenvalue weighted by atomic mass is 9.79.